The molecule has 0 bridgehead atoms. The maximum atomic E-state index is 12.7. The molecule has 2 aromatic rings. The van der Waals surface area contributed by atoms with Gasteiger partial charge in [-0.25, -0.2) is 4.31 Å². The van der Waals surface area contributed by atoms with E-state index in [1.807, 2.05) is 24.3 Å². The fourth-order valence-corrected chi connectivity index (χ4v) is 6.14. The second-order valence-corrected chi connectivity index (χ2v) is 9.98. The van der Waals surface area contributed by atoms with Crippen LogP contribution in [0.5, 0.6) is 11.5 Å². The summed E-state index contributed by atoms with van der Waals surface area (Å²) >= 11 is 1.59. The van der Waals surface area contributed by atoms with E-state index in [2.05, 4.69) is 4.31 Å². The third kappa shape index (κ3) is 6.31. The molecule has 2 aliphatic rings. The van der Waals surface area contributed by atoms with Gasteiger partial charge in [0.05, 0.1) is 19.0 Å². The molecule has 0 amide bonds. The highest BCUT2D eigenvalue weighted by Gasteiger charge is 2.42. The maximum Gasteiger partial charge on any atom is 0.393 e. The van der Waals surface area contributed by atoms with Crippen LogP contribution in [0.2, 0.25) is 0 Å². The van der Waals surface area contributed by atoms with Gasteiger partial charge in [-0.2, -0.15) is 13.2 Å². The molecule has 3 unspecified atom stereocenters. The number of hydrogen-bond acceptors (Lipinski definition) is 5. The van der Waals surface area contributed by atoms with Crippen LogP contribution in [0.15, 0.2) is 53.4 Å². The number of carbonyl (C=O) groups excluding carboxylic acids is 1. The van der Waals surface area contributed by atoms with Crippen molar-refractivity contribution >= 4 is 17.7 Å². The lowest BCUT2D eigenvalue weighted by Gasteiger charge is -2.46. The van der Waals surface area contributed by atoms with E-state index in [0.717, 1.165) is 24.3 Å². The fourth-order valence-electron chi connectivity index (χ4n) is 5.03. The van der Waals surface area contributed by atoms with Gasteiger partial charge in [0.25, 0.3) is 0 Å². The second-order valence-electron chi connectivity index (χ2n) is 8.85. The van der Waals surface area contributed by atoms with Crippen LogP contribution in [0, 0.1) is 11.8 Å². The minimum absolute atomic E-state index is 0.0689. The minimum atomic E-state index is -4.23. The molecule has 0 aromatic heterocycles. The highest BCUT2D eigenvalue weighted by molar-refractivity contribution is 7.97. The van der Waals surface area contributed by atoms with Gasteiger partial charge in [-0.15, -0.1) is 0 Å². The molecule has 0 radical (unpaired) electrons. The predicted octanol–water partition coefficient (Wildman–Crippen LogP) is 6.00. The number of ketones is 1. The number of fused-ring (bicyclic) bond motifs is 1. The van der Waals surface area contributed by atoms with Crippen molar-refractivity contribution in [3.8, 4) is 11.5 Å². The Labute approximate surface area is 196 Å². The van der Waals surface area contributed by atoms with Gasteiger partial charge in [0.1, 0.15) is 11.5 Å². The number of halogens is 3. The first kappa shape index (κ1) is 24.1. The van der Waals surface area contributed by atoms with E-state index in [-0.39, 0.29) is 23.9 Å². The van der Waals surface area contributed by atoms with Crippen LogP contribution in [-0.2, 0) is 11.2 Å². The zero-order valence-corrected chi connectivity index (χ0v) is 19.2. The number of nitrogens with zero attached hydrogens (tertiary/aromatic N) is 1. The molecule has 2 aromatic carbocycles. The van der Waals surface area contributed by atoms with E-state index < -0.39 is 12.6 Å². The van der Waals surface area contributed by atoms with Gasteiger partial charge in [0.15, 0.2) is 5.78 Å². The van der Waals surface area contributed by atoms with Gasteiger partial charge in [-0.05, 0) is 78.6 Å². The number of rotatable bonds is 7. The standard InChI is InChI=1S/C25H29F3N2O2S/c26-25(27,28)15-17-5-7-19(8-6-17)32-20-9-11-21(12-10-20)33-30-14-13-18-3-1-2-4-22(18)24(30)23(31)16-29/h5-12,18,22,24H,1-4,13-16,29H2. The lowest BCUT2D eigenvalue weighted by atomic mass is 9.70. The zero-order valence-electron chi connectivity index (χ0n) is 18.4. The van der Waals surface area contributed by atoms with Crippen molar-refractivity contribution in [2.24, 2.45) is 17.6 Å². The van der Waals surface area contributed by atoms with Gasteiger partial charge >= 0.3 is 6.18 Å². The molecule has 1 aliphatic carbocycles. The Kier molecular flexibility index (Phi) is 7.66. The summed E-state index contributed by atoms with van der Waals surface area (Å²) in [6.07, 6.45) is 0.660. The van der Waals surface area contributed by atoms with E-state index in [1.165, 1.54) is 31.4 Å². The summed E-state index contributed by atoms with van der Waals surface area (Å²) in [4.78, 5) is 13.7. The van der Waals surface area contributed by atoms with Crippen molar-refractivity contribution in [2.75, 3.05) is 13.1 Å². The molecular weight excluding hydrogens is 449 g/mol. The highest BCUT2D eigenvalue weighted by atomic mass is 32.2. The average Bonchev–Trinajstić information content (AvgIpc) is 2.80. The van der Waals surface area contributed by atoms with Crippen LogP contribution in [0.1, 0.15) is 37.7 Å². The highest BCUT2D eigenvalue weighted by Crippen LogP contribution is 2.43. The Hall–Kier alpha value is -2.03. The number of hydrogen-bond donors (Lipinski definition) is 1. The molecule has 178 valence electrons. The quantitative estimate of drug-likeness (QED) is 0.495. The molecular formula is C25H29F3N2O2S. The molecule has 1 saturated heterocycles. The summed E-state index contributed by atoms with van der Waals surface area (Å²) in [6, 6.07) is 13.3. The number of nitrogens with two attached hydrogens (primary N) is 1. The van der Waals surface area contributed by atoms with Crippen LogP contribution >= 0.6 is 11.9 Å². The Morgan fingerprint density at radius 2 is 1.64 bits per heavy atom. The van der Waals surface area contributed by atoms with Crippen LogP contribution in [0.4, 0.5) is 13.2 Å². The lowest BCUT2D eigenvalue weighted by Crippen LogP contribution is -2.52. The summed E-state index contributed by atoms with van der Waals surface area (Å²) in [5.74, 6) is 2.21. The van der Waals surface area contributed by atoms with Gasteiger partial charge < -0.3 is 10.5 Å². The third-order valence-electron chi connectivity index (χ3n) is 6.55. The van der Waals surface area contributed by atoms with Crippen molar-refractivity contribution in [3.63, 3.8) is 0 Å². The van der Waals surface area contributed by atoms with Gasteiger partial charge in [0, 0.05) is 11.4 Å². The predicted molar refractivity (Wildman–Crippen MR) is 123 cm³/mol. The topological polar surface area (TPSA) is 55.6 Å². The largest absolute Gasteiger partial charge is 0.457 e. The first-order valence-corrected chi connectivity index (χ1v) is 12.2. The molecule has 8 heteroatoms. The fraction of sp³-hybridized carbons (Fsp3) is 0.480. The van der Waals surface area contributed by atoms with Gasteiger partial charge in [-0.3, -0.25) is 4.79 Å². The monoisotopic (exact) mass is 478 g/mol. The summed E-state index contributed by atoms with van der Waals surface area (Å²) in [7, 11) is 0. The molecule has 1 aliphatic heterocycles. The Bertz CT molecular complexity index is 934. The maximum absolute atomic E-state index is 12.7. The Balaban J connectivity index is 1.39. The number of piperidine rings is 1. The molecule has 1 saturated carbocycles. The van der Waals surface area contributed by atoms with E-state index in [4.69, 9.17) is 10.5 Å². The number of Topliss-reactive ketones (excluding diaryl/α,β-unsaturated/α-hetero) is 1. The average molecular weight is 479 g/mol. The van der Waals surface area contributed by atoms with E-state index in [9.17, 15) is 18.0 Å². The van der Waals surface area contributed by atoms with Crippen molar-refractivity contribution < 1.29 is 22.7 Å². The third-order valence-corrected chi connectivity index (χ3v) is 7.67. The Morgan fingerprint density at radius 1 is 1.00 bits per heavy atom. The van der Waals surface area contributed by atoms with Crippen molar-refractivity contribution in [1.29, 1.82) is 0 Å². The number of ether oxygens (including phenoxy) is 1. The number of alkyl halides is 3. The number of carbonyl (C=O) groups is 1. The van der Waals surface area contributed by atoms with E-state index in [0.29, 0.717) is 23.3 Å². The summed E-state index contributed by atoms with van der Waals surface area (Å²) in [6.45, 7) is 0.935. The second kappa shape index (κ2) is 10.5. The summed E-state index contributed by atoms with van der Waals surface area (Å²) in [5.41, 5.74) is 5.95. The molecule has 2 N–H and O–H groups in total. The van der Waals surface area contributed by atoms with Crippen LogP contribution in [0.25, 0.3) is 0 Å². The normalized spacial score (nSPS) is 23.7. The first-order valence-electron chi connectivity index (χ1n) is 11.4. The van der Waals surface area contributed by atoms with Crippen LogP contribution in [0.3, 0.4) is 0 Å². The van der Waals surface area contributed by atoms with Gasteiger partial charge in [-0.1, -0.05) is 31.4 Å². The summed E-state index contributed by atoms with van der Waals surface area (Å²) < 4.78 is 45.5. The molecule has 0 spiro atoms. The van der Waals surface area contributed by atoms with Crippen molar-refractivity contribution in [3.05, 3.63) is 54.1 Å². The SMILES string of the molecule is NCC(=O)C1C2CCCCC2CCN1Sc1ccc(Oc2ccc(CC(F)(F)F)cc2)cc1. The van der Waals surface area contributed by atoms with Crippen molar-refractivity contribution in [1.82, 2.24) is 4.31 Å². The van der Waals surface area contributed by atoms with E-state index in [1.54, 1.807) is 24.1 Å². The summed E-state index contributed by atoms with van der Waals surface area (Å²) in [5, 5.41) is 0. The first-order chi connectivity index (χ1) is 15.8. The zero-order chi connectivity index (χ0) is 23.4. The molecule has 4 rings (SSSR count). The molecule has 2 fully saturated rings. The van der Waals surface area contributed by atoms with Gasteiger partial charge in [0.2, 0.25) is 0 Å². The molecule has 33 heavy (non-hydrogen) atoms. The lowest BCUT2D eigenvalue weighted by molar-refractivity contribution is -0.127. The van der Waals surface area contributed by atoms with Crippen molar-refractivity contribution in [2.45, 2.75) is 55.6 Å². The Morgan fingerprint density at radius 3 is 2.27 bits per heavy atom. The smallest absolute Gasteiger partial charge is 0.393 e. The minimum Gasteiger partial charge on any atom is -0.457 e. The van der Waals surface area contributed by atoms with E-state index >= 15 is 0 Å². The van der Waals surface area contributed by atoms with Crippen LogP contribution < -0.4 is 10.5 Å². The number of benzene rings is 2. The van der Waals surface area contributed by atoms with Crippen LogP contribution in [-0.4, -0.2) is 35.4 Å². The molecule has 3 atom stereocenters. The molecule has 4 nitrogen and oxygen atoms in total. The molecule has 1 heterocycles.